The third-order valence-corrected chi connectivity index (χ3v) is 4.21. The fourth-order valence-corrected chi connectivity index (χ4v) is 2.99. The van der Waals surface area contributed by atoms with Gasteiger partial charge >= 0.3 is 0 Å². The second-order valence-electron chi connectivity index (χ2n) is 5.26. The van der Waals surface area contributed by atoms with E-state index in [0.717, 1.165) is 17.7 Å². The zero-order chi connectivity index (χ0) is 14.9. The molecule has 1 saturated heterocycles. The third kappa shape index (κ3) is 2.63. The van der Waals surface area contributed by atoms with Crippen molar-refractivity contribution in [3.8, 4) is 5.75 Å². The molecule has 3 unspecified atom stereocenters. The molecule has 20 heavy (non-hydrogen) atoms. The van der Waals surface area contributed by atoms with E-state index in [9.17, 15) is 4.79 Å². The lowest BCUT2D eigenvalue weighted by atomic mass is 9.98. The molecule has 0 radical (unpaired) electrons. The molecule has 5 heteroatoms. The van der Waals surface area contributed by atoms with Crippen molar-refractivity contribution in [2.75, 3.05) is 7.11 Å². The van der Waals surface area contributed by atoms with Gasteiger partial charge in [0, 0.05) is 29.1 Å². The molecule has 1 aliphatic rings. The Morgan fingerprint density at radius 1 is 1.55 bits per heavy atom. The van der Waals surface area contributed by atoms with Gasteiger partial charge in [-0.2, -0.15) is 0 Å². The first kappa shape index (κ1) is 15.1. The van der Waals surface area contributed by atoms with E-state index in [1.165, 1.54) is 0 Å². The fourth-order valence-electron chi connectivity index (χ4n) is 2.81. The molecule has 1 aromatic rings. The summed E-state index contributed by atoms with van der Waals surface area (Å²) in [5.41, 5.74) is 7.08. The third-order valence-electron chi connectivity index (χ3n) is 3.98. The van der Waals surface area contributed by atoms with Gasteiger partial charge in [-0.1, -0.05) is 18.5 Å². The molecular formula is C15H21ClN2O2. The molecule has 2 rings (SSSR count). The molecule has 0 spiro atoms. The molecule has 110 valence electrons. The van der Waals surface area contributed by atoms with Gasteiger partial charge in [0.05, 0.1) is 13.2 Å². The molecule has 1 amide bonds. The minimum atomic E-state index is -0.233. The lowest BCUT2D eigenvalue weighted by molar-refractivity contribution is -0.131. The van der Waals surface area contributed by atoms with Crippen molar-refractivity contribution in [3.63, 3.8) is 0 Å². The highest BCUT2D eigenvalue weighted by Crippen LogP contribution is 2.39. The Morgan fingerprint density at radius 2 is 2.25 bits per heavy atom. The average Bonchev–Trinajstić information content (AvgIpc) is 2.72. The number of amides is 1. The molecule has 0 aromatic heterocycles. The predicted octanol–water partition coefficient (Wildman–Crippen LogP) is 2.75. The number of nitrogens with two attached hydrogens (primary N) is 1. The summed E-state index contributed by atoms with van der Waals surface area (Å²) >= 11 is 6.10. The Morgan fingerprint density at radius 3 is 2.85 bits per heavy atom. The molecule has 0 saturated carbocycles. The minimum Gasteiger partial charge on any atom is -0.496 e. The summed E-state index contributed by atoms with van der Waals surface area (Å²) in [6.07, 6.45) is 1.25. The van der Waals surface area contributed by atoms with E-state index in [0.29, 0.717) is 11.4 Å². The Bertz CT molecular complexity index is 507. The summed E-state index contributed by atoms with van der Waals surface area (Å²) in [4.78, 5) is 14.1. The van der Waals surface area contributed by atoms with Crippen LogP contribution in [0.3, 0.4) is 0 Å². The van der Waals surface area contributed by atoms with Gasteiger partial charge in [-0.15, -0.1) is 0 Å². The number of likely N-dealkylation sites (tertiary alicyclic amines) is 1. The summed E-state index contributed by atoms with van der Waals surface area (Å²) in [5.74, 6) is 0.816. The fraction of sp³-hybridized carbons (Fsp3) is 0.533. The summed E-state index contributed by atoms with van der Waals surface area (Å²) in [7, 11) is 1.61. The number of rotatable bonds is 4. The molecular weight excluding hydrogens is 276 g/mol. The number of ether oxygens (including phenoxy) is 1. The van der Waals surface area contributed by atoms with Crippen molar-refractivity contribution in [2.45, 2.75) is 44.8 Å². The van der Waals surface area contributed by atoms with Crippen molar-refractivity contribution in [2.24, 2.45) is 5.73 Å². The van der Waals surface area contributed by atoms with Crippen LogP contribution in [0.25, 0.3) is 0 Å². The molecule has 1 heterocycles. The monoisotopic (exact) mass is 296 g/mol. The molecule has 0 bridgehead atoms. The summed E-state index contributed by atoms with van der Waals surface area (Å²) in [6.45, 7) is 4.11. The maximum atomic E-state index is 12.2. The van der Waals surface area contributed by atoms with Crippen LogP contribution in [-0.4, -0.2) is 30.0 Å². The topological polar surface area (TPSA) is 55.6 Å². The Labute approximate surface area is 124 Å². The van der Waals surface area contributed by atoms with Crippen LogP contribution in [0, 0.1) is 0 Å². The van der Waals surface area contributed by atoms with Crippen molar-refractivity contribution < 1.29 is 9.53 Å². The minimum absolute atomic E-state index is 0.0962. The SMILES string of the molecule is CCC(C)N1C(=O)CC(N)C1c1cc(Cl)ccc1OC. The maximum absolute atomic E-state index is 12.2. The number of hydrogen-bond acceptors (Lipinski definition) is 3. The van der Waals surface area contributed by atoms with Gasteiger partial charge in [0.2, 0.25) is 5.91 Å². The van der Waals surface area contributed by atoms with E-state index >= 15 is 0 Å². The van der Waals surface area contributed by atoms with Crippen LogP contribution in [0.5, 0.6) is 5.75 Å². The number of methoxy groups -OCH3 is 1. The van der Waals surface area contributed by atoms with E-state index < -0.39 is 0 Å². The summed E-state index contributed by atoms with van der Waals surface area (Å²) < 4.78 is 5.41. The van der Waals surface area contributed by atoms with Crippen LogP contribution in [0.1, 0.15) is 38.3 Å². The van der Waals surface area contributed by atoms with Crippen molar-refractivity contribution in [1.82, 2.24) is 4.90 Å². The number of carbonyl (C=O) groups excluding carboxylic acids is 1. The van der Waals surface area contributed by atoms with E-state index in [1.807, 2.05) is 24.0 Å². The standard InChI is InChI=1S/C15H21ClN2O2/c1-4-9(2)18-14(19)8-12(17)15(18)11-7-10(16)5-6-13(11)20-3/h5-7,9,12,15H,4,8,17H2,1-3H3. The highest BCUT2D eigenvalue weighted by molar-refractivity contribution is 6.30. The first-order valence-corrected chi connectivity index (χ1v) is 7.27. The van der Waals surface area contributed by atoms with Crippen molar-refractivity contribution >= 4 is 17.5 Å². The zero-order valence-electron chi connectivity index (χ0n) is 12.1. The van der Waals surface area contributed by atoms with Gasteiger partial charge in [-0.05, 0) is 31.5 Å². The van der Waals surface area contributed by atoms with Gasteiger partial charge in [-0.3, -0.25) is 4.79 Å². The molecule has 1 fully saturated rings. The van der Waals surface area contributed by atoms with Crippen LogP contribution in [0.2, 0.25) is 5.02 Å². The molecule has 4 nitrogen and oxygen atoms in total. The molecule has 1 aliphatic heterocycles. The van der Waals surface area contributed by atoms with Gasteiger partial charge in [-0.25, -0.2) is 0 Å². The normalized spacial score (nSPS) is 24.1. The highest BCUT2D eigenvalue weighted by atomic mass is 35.5. The number of halogens is 1. The molecule has 2 N–H and O–H groups in total. The predicted molar refractivity (Wildman–Crippen MR) is 79.9 cm³/mol. The van der Waals surface area contributed by atoms with Crippen LogP contribution < -0.4 is 10.5 Å². The number of carbonyl (C=O) groups is 1. The lowest BCUT2D eigenvalue weighted by Crippen LogP contribution is -2.39. The second-order valence-corrected chi connectivity index (χ2v) is 5.69. The smallest absolute Gasteiger partial charge is 0.225 e. The number of benzene rings is 1. The number of nitrogens with zero attached hydrogens (tertiary/aromatic N) is 1. The van der Waals surface area contributed by atoms with Crippen molar-refractivity contribution in [3.05, 3.63) is 28.8 Å². The highest BCUT2D eigenvalue weighted by Gasteiger charge is 2.41. The quantitative estimate of drug-likeness (QED) is 0.929. The van der Waals surface area contributed by atoms with Crippen LogP contribution >= 0.6 is 11.6 Å². The van der Waals surface area contributed by atoms with Crippen LogP contribution in [-0.2, 0) is 4.79 Å². The van der Waals surface area contributed by atoms with E-state index in [-0.39, 0.29) is 24.0 Å². The van der Waals surface area contributed by atoms with E-state index in [4.69, 9.17) is 22.1 Å². The van der Waals surface area contributed by atoms with Gasteiger partial charge < -0.3 is 15.4 Å². The van der Waals surface area contributed by atoms with Crippen LogP contribution in [0.4, 0.5) is 0 Å². The van der Waals surface area contributed by atoms with Gasteiger partial charge in [0.1, 0.15) is 5.75 Å². The maximum Gasteiger partial charge on any atom is 0.225 e. The summed E-state index contributed by atoms with van der Waals surface area (Å²) in [5, 5.41) is 0.622. The second kappa shape index (κ2) is 6.02. The molecule has 0 aliphatic carbocycles. The average molecular weight is 297 g/mol. The Kier molecular flexibility index (Phi) is 4.55. The number of hydrogen-bond donors (Lipinski definition) is 1. The van der Waals surface area contributed by atoms with Crippen LogP contribution in [0.15, 0.2) is 18.2 Å². The zero-order valence-corrected chi connectivity index (χ0v) is 12.9. The largest absolute Gasteiger partial charge is 0.496 e. The van der Waals surface area contributed by atoms with Gasteiger partial charge in [0.15, 0.2) is 0 Å². The Balaban J connectivity index is 2.47. The first-order chi connectivity index (χ1) is 9.49. The first-order valence-electron chi connectivity index (χ1n) is 6.89. The lowest BCUT2D eigenvalue weighted by Gasteiger charge is -2.33. The van der Waals surface area contributed by atoms with Gasteiger partial charge in [0.25, 0.3) is 0 Å². The molecule has 3 atom stereocenters. The van der Waals surface area contributed by atoms with E-state index in [1.54, 1.807) is 13.2 Å². The van der Waals surface area contributed by atoms with Crippen molar-refractivity contribution in [1.29, 1.82) is 0 Å². The van der Waals surface area contributed by atoms with E-state index in [2.05, 4.69) is 6.92 Å². The summed E-state index contributed by atoms with van der Waals surface area (Å²) in [6, 6.07) is 5.18. The Hall–Kier alpha value is -1.26. The molecule has 1 aromatic carbocycles.